The molecule has 2 unspecified atom stereocenters. The predicted molar refractivity (Wildman–Crippen MR) is 87.6 cm³/mol. The molecule has 0 aromatic heterocycles. The molecule has 0 aliphatic heterocycles. The first-order valence-electron chi connectivity index (χ1n) is 6.91. The number of nitrogens with one attached hydrogen (secondary N) is 1. The van der Waals surface area contributed by atoms with Gasteiger partial charge in [0.15, 0.2) is 0 Å². The molecule has 20 heavy (non-hydrogen) atoms. The third-order valence-corrected chi connectivity index (χ3v) is 5.25. The Bertz CT molecular complexity index is 483. The summed E-state index contributed by atoms with van der Waals surface area (Å²) in [5.41, 5.74) is 0.533. The van der Waals surface area contributed by atoms with Gasteiger partial charge < -0.3 is 5.32 Å². The maximum absolute atomic E-state index is 13.0. The molecule has 0 radical (unpaired) electrons. The van der Waals surface area contributed by atoms with Gasteiger partial charge in [0.2, 0.25) is 0 Å². The van der Waals surface area contributed by atoms with Gasteiger partial charge in [-0.1, -0.05) is 12.8 Å². The second-order valence-corrected chi connectivity index (χ2v) is 6.76. The van der Waals surface area contributed by atoms with Crippen molar-refractivity contribution in [3.05, 3.63) is 33.1 Å². The van der Waals surface area contributed by atoms with E-state index in [1.165, 1.54) is 31.0 Å². The summed E-state index contributed by atoms with van der Waals surface area (Å²) >= 11 is 7.98. The largest absolute Gasteiger partial charge is 0.352 e. The minimum absolute atomic E-state index is 0.131. The van der Waals surface area contributed by atoms with Crippen molar-refractivity contribution in [1.29, 1.82) is 0 Å². The van der Waals surface area contributed by atoms with Crippen molar-refractivity contribution in [3.63, 3.8) is 0 Å². The highest BCUT2D eigenvalue weighted by molar-refractivity contribution is 14.1. The molecule has 2 atom stereocenters. The van der Waals surface area contributed by atoms with Crippen LogP contribution < -0.4 is 5.32 Å². The number of amides is 1. The number of hydrogen-bond donors (Lipinski definition) is 1. The molecule has 5 heteroatoms. The van der Waals surface area contributed by atoms with Gasteiger partial charge >= 0.3 is 0 Å². The molecule has 0 spiro atoms. The third kappa shape index (κ3) is 4.07. The molecule has 0 bridgehead atoms. The molecule has 110 valence electrons. The summed E-state index contributed by atoms with van der Waals surface area (Å²) in [7, 11) is 0. The van der Waals surface area contributed by atoms with E-state index in [0.29, 0.717) is 33.4 Å². The van der Waals surface area contributed by atoms with Crippen LogP contribution in [0.4, 0.5) is 4.39 Å². The van der Waals surface area contributed by atoms with Crippen LogP contribution in [0.2, 0.25) is 0 Å². The Morgan fingerprint density at radius 2 is 2.05 bits per heavy atom. The van der Waals surface area contributed by atoms with Crippen molar-refractivity contribution in [2.45, 2.75) is 25.7 Å². The maximum atomic E-state index is 13.0. The molecule has 1 fully saturated rings. The first kappa shape index (κ1) is 16.0. The molecule has 1 aliphatic carbocycles. The second kappa shape index (κ2) is 7.59. The van der Waals surface area contributed by atoms with Crippen LogP contribution in [0.3, 0.4) is 0 Å². The van der Waals surface area contributed by atoms with Gasteiger partial charge in [0, 0.05) is 16.0 Å². The quantitative estimate of drug-likeness (QED) is 0.586. The summed E-state index contributed by atoms with van der Waals surface area (Å²) in [5, 5.41) is 2.97. The molecular formula is C15H18ClFINO. The summed E-state index contributed by atoms with van der Waals surface area (Å²) in [6.07, 6.45) is 4.72. The van der Waals surface area contributed by atoms with Gasteiger partial charge in [0.05, 0.1) is 5.56 Å². The summed E-state index contributed by atoms with van der Waals surface area (Å²) in [5.74, 6) is 1.17. The van der Waals surface area contributed by atoms with E-state index < -0.39 is 0 Å². The Hall–Kier alpha value is -0.360. The third-order valence-electron chi connectivity index (χ3n) is 3.97. The molecule has 1 saturated carbocycles. The number of benzene rings is 1. The Balaban J connectivity index is 1.94. The molecule has 2 nitrogen and oxygen atoms in total. The maximum Gasteiger partial charge on any atom is 0.252 e. The molecule has 0 saturated heterocycles. The van der Waals surface area contributed by atoms with E-state index in [0.717, 1.165) is 12.8 Å². The van der Waals surface area contributed by atoms with E-state index in [1.54, 1.807) is 0 Å². The van der Waals surface area contributed by atoms with Crippen molar-refractivity contribution in [2.75, 3.05) is 12.4 Å². The van der Waals surface area contributed by atoms with Gasteiger partial charge in [-0.3, -0.25) is 4.79 Å². The smallest absolute Gasteiger partial charge is 0.252 e. The fourth-order valence-electron chi connectivity index (χ4n) is 2.75. The lowest BCUT2D eigenvalue weighted by atomic mass is 9.80. The van der Waals surface area contributed by atoms with E-state index in [1.807, 2.05) is 22.6 Å². The Kier molecular flexibility index (Phi) is 6.08. The van der Waals surface area contributed by atoms with Gasteiger partial charge in [0.1, 0.15) is 5.82 Å². The summed E-state index contributed by atoms with van der Waals surface area (Å²) < 4.78 is 13.7. The van der Waals surface area contributed by atoms with Crippen molar-refractivity contribution in [1.82, 2.24) is 5.32 Å². The van der Waals surface area contributed by atoms with Crippen LogP contribution in [0.15, 0.2) is 18.2 Å². The van der Waals surface area contributed by atoms with Gasteiger partial charge in [-0.15, -0.1) is 11.6 Å². The molecule has 1 N–H and O–H groups in total. The van der Waals surface area contributed by atoms with Crippen LogP contribution in [0.5, 0.6) is 0 Å². The SMILES string of the molecule is O=C(NCC1CCCCC1CCl)c1ccc(F)cc1I. The topological polar surface area (TPSA) is 29.1 Å². The zero-order chi connectivity index (χ0) is 14.5. The first-order valence-corrected chi connectivity index (χ1v) is 8.52. The lowest BCUT2D eigenvalue weighted by Gasteiger charge is -2.30. The molecule has 1 amide bonds. The van der Waals surface area contributed by atoms with E-state index in [2.05, 4.69) is 5.32 Å². The zero-order valence-corrected chi connectivity index (χ0v) is 14.1. The normalized spacial score (nSPS) is 22.6. The van der Waals surface area contributed by atoms with Crippen molar-refractivity contribution < 1.29 is 9.18 Å². The van der Waals surface area contributed by atoms with E-state index >= 15 is 0 Å². The lowest BCUT2D eigenvalue weighted by molar-refractivity contribution is 0.0936. The average Bonchev–Trinajstić information content (AvgIpc) is 2.45. The van der Waals surface area contributed by atoms with E-state index in [-0.39, 0.29) is 11.7 Å². The minimum Gasteiger partial charge on any atom is -0.352 e. The first-order chi connectivity index (χ1) is 9.61. The zero-order valence-electron chi connectivity index (χ0n) is 11.2. The Morgan fingerprint density at radius 3 is 2.70 bits per heavy atom. The molecular weight excluding hydrogens is 392 g/mol. The average molecular weight is 410 g/mol. The van der Waals surface area contributed by atoms with Crippen LogP contribution in [0, 0.1) is 21.2 Å². The monoisotopic (exact) mass is 409 g/mol. The van der Waals surface area contributed by atoms with Crippen LogP contribution in [-0.4, -0.2) is 18.3 Å². The molecule has 0 heterocycles. The Morgan fingerprint density at radius 1 is 1.35 bits per heavy atom. The van der Waals surface area contributed by atoms with Crippen LogP contribution >= 0.6 is 34.2 Å². The van der Waals surface area contributed by atoms with E-state index in [4.69, 9.17) is 11.6 Å². The number of rotatable bonds is 4. The summed E-state index contributed by atoms with van der Waals surface area (Å²) in [4.78, 5) is 12.1. The molecule has 2 rings (SSSR count). The molecule has 1 aromatic rings. The van der Waals surface area contributed by atoms with Gasteiger partial charge in [-0.2, -0.15) is 0 Å². The van der Waals surface area contributed by atoms with Crippen molar-refractivity contribution >= 4 is 40.1 Å². The van der Waals surface area contributed by atoms with Crippen LogP contribution in [-0.2, 0) is 0 Å². The summed E-state index contributed by atoms with van der Waals surface area (Å²) in [6, 6.07) is 4.23. The fraction of sp³-hybridized carbons (Fsp3) is 0.533. The number of halogens is 3. The van der Waals surface area contributed by atoms with Gasteiger partial charge in [-0.25, -0.2) is 4.39 Å². The molecule has 1 aliphatic rings. The highest BCUT2D eigenvalue weighted by atomic mass is 127. The number of hydrogen-bond acceptors (Lipinski definition) is 1. The second-order valence-electron chi connectivity index (χ2n) is 5.29. The highest BCUT2D eigenvalue weighted by Gasteiger charge is 2.25. The highest BCUT2D eigenvalue weighted by Crippen LogP contribution is 2.30. The lowest BCUT2D eigenvalue weighted by Crippen LogP contribution is -2.35. The molecule has 1 aromatic carbocycles. The van der Waals surface area contributed by atoms with Gasteiger partial charge in [-0.05, 0) is 65.5 Å². The summed E-state index contributed by atoms with van der Waals surface area (Å²) in [6.45, 7) is 0.656. The van der Waals surface area contributed by atoms with Crippen LogP contribution in [0.1, 0.15) is 36.0 Å². The van der Waals surface area contributed by atoms with Crippen molar-refractivity contribution in [3.8, 4) is 0 Å². The standard InChI is InChI=1S/C15H18ClFINO/c16-8-10-3-1-2-4-11(10)9-19-15(20)13-6-5-12(17)7-14(13)18/h5-7,10-11H,1-4,8-9H2,(H,19,20). The Labute approximate surface area is 137 Å². The van der Waals surface area contributed by atoms with E-state index in [9.17, 15) is 9.18 Å². The fourth-order valence-corrected chi connectivity index (χ4v) is 3.88. The van der Waals surface area contributed by atoms with Crippen LogP contribution in [0.25, 0.3) is 0 Å². The van der Waals surface area contributed by atoms with Crippen molar-refractivity contribution in [2.24, 2.45) is 11.8 Å². The number of carbonyl (C=O) groups is 1. The number of alkyl halides is 1. The minimum atomic E-state index is -0.319. The van der Waals surface area contributed by atoms with Gasteiger partial charge in [0.25, 0.3) is 5.91 Å². The predicted octanol–water partition coefficient (Wildman–Crippen LogP) is 4.21. The number of carbonyl (C=O) groups excluding carboxylic acids is 1.